The Bertz CT molecular complexity index is 623. The van der Waals surface area contributed by atoms with Crippen molar-refractivity contribution in [2.45, 2.75) is 38.5 Å². The standard InChI is InChI=1S/C17H22N4O/c1-2-7-15(22)21-11-6-10-14(12-21)17-18-16(19-20-17)13-8-4-3-5-9-13/h3-5,8-9,14H,2,6-7,10-12H2,1H3,(H,18,19,20). The van der Waals surface area contributed by atoms with Gasteiger partial charge >= 0.3 is 0 Å². The van der Waals surface area contributed by atoms with Crippen LogP contribution in [0.2, 0.25) is 0 Å². The molecule has 1 aromatic carbocycles. The van der Waals surface area contributed by atoms with Gasteiger partial charge in [0.25, 0.3) is 0 Å². The van der Waals surface area contributed by atoms with Crippen molar-refractivity contribution in [1.82, 2.24) is 20.1 Å². The number of hydrogen-bond donors (Lipinski definition) is 1. The highest BCUT2D eigenvalue weighted by molar-refractivity contribution is 5.76. The molecule has 1 aliphatic heterocycles. The van der Waals surface area contributed by atoms with Crippen LogP contribution in [0.15, 0.2) is 30.3 Å². The first-order valence-corrected chi connectivity index (χ1v) is 8.03. The number of carbonyl (C=O) groups is 1. The summed E-state index contributed by atoms with van der Waals surface area (Å²) in [4.78, 5) is 18.7. The number of nitrogens with zero attached hydrogens (tertiary/aromatic N) is 3. The lowest BCUT2D eigenvalue weighted by molar-refractivity contribution is -0.132. The molecular formula is C17H22N4O. The molecular weight excluding hydrogens is 276 g/mol. The van der Waals surface area contributed by atoms with Crippen LogP contribution in [0.5, 0.6) is 0 Å². The van der Waals surface area contributed by atoms with Gasteiger partial charge in [0.15, 0.2) is 5.82 Å². The lowest BCUT2D eigenvalue weighted by Crippen LogP contribution is -2.39. The van der Waals surface area contributed by atoms with E-state index in [0.717, 1.165) is 49.6 Å². The summed E-state index contributed by atoms with van der Waals surface area (Å²) < 4.78 is 0. The minimum absolute atomic E-state index is 0.259. The number of rotatable bonds is 4. The third-order valence-electron chi connectivity index (χ3n) is 4.16. The van der Waals surface area contributed by atoms with Crippen molar-refractivity contribution < 1.29 is 4.79 Å². The van der Waals surface area contributed by atoms with Crippen LogP contribution in [0, 0.1) is 0 Å². The molecule has 116 valence electrons. The molecule has 1 aliphatic rings. The molecule has 5 nitrogen and oxygen atoms in total. The van der Waals surface area contributed by atoms with Gasteiger partial charge in [0, 0.05) is 31.0 Å². The van der Waals surface area contributed by atoms with Crippen molar-refractivity contribution in [3.05, 3.63) is 36.2 Å². The molecule has 5 heteroatoms. The molecule has 1 aromatic heterocycles. The lowest BCUT2D eigenvalue weighted by atomic mass is 9.97. The highest BCUT2D eigenvalue weighted by Gasteiger charge is 2.26. The molecule has 22 heavy (non-hydrogen) atoms. The third kappa shape index (κ3) is 3.18. The molecule has 1 atom stereocenters. The van der Waals surface area contributed by atoms with Crippen molar-refractivity contribution in [1.29, 1.82) is 0 Å². The highest BCUT2D eigenvalue weighted by Crippen LogP contribution is 2.26. The topological polar surface area (TPSA) is 61.9 Å². The molecule has 0 bridgehead atoms. The fraction of sp³-hybridized carbons (Fsp3) is 0.471. The quantitative estimate of drug-likeness (QED) is 0.944. The number of likely N-dealkylation sites (tertiary alicyclic amines) is 1. The number of H-pyrrole nitrogens is 1. The Kier molecular flexibility index (Phi) is 4.51. The van der Waals surface area contributed by atoms with E-state index in [9.17, 15) is 4.79 Å². The zero-order chi connectivity index (χ0) is 15.4. The summed E-state index contributed by atoms with van der Waals surface area (Å²) in [5.41, 5.74) is 1.01. The van der Waals surface area contributed by atoms with Gasteiger partial charge in [-0.2, -0.15) is 5.10 Å². The van der Waals surface area contributed by atoms with Crippen molar-refractivity contribution >= 4 is 5.91 Å². The van der Waals surface area contributed by atoms with Crippen LogP contribution in [0.1, 0.15) is 44.3 Å². The van der Waals surface area contributed by atoms with Crippen LogP contribution in [0.4, 0.5) is 0 Å². The van der Waals surface area contributed by atoms with Crippen LogP contribution in [0.25, 0.3) is 11.4 Å². The molecule has 1 saturated heterocycles. The number of carbonyl (C=O) groups excluding carboxylic acids is 1. The third-order valence-corrected chi connectivity index (χ3v) is 4.16. The maximum atomic E-state index is 12.1. The van der Waals surface area contributed by atoms with Crippen molar-refractivity contribution in [2.24, 2.45) is 0 Å². The summed E-state index contributed by atoms with van der Waals surface area (Å²) >= 11 is 0. The minimum Gasteiger partial charge on any atom is -0.342 e. The van der Waals surface area contributed by atoms with E-state index in [-0.39, 0.29) is 11.8 Å². The van der Waals surface area contributed by atoms with Gasteiger partial charge in [-0.25, -0.2) is 4.98 Å². The van der Waals surface area contributed by atoms with E-state index in [1.54, 1.807) is 0 Å². The molecule has 1 unspecified atom stereocenters. The number of benzene rings is 1. The van der Waals surface area contributed by atoms with E-state index in [0.29, 0.717) is 6.42 Å². The van der Waals surface area contributed by atoms with E-state index in [2.05, 4.69) is 15.2 Å². The Morgan fingerprint density at radius 1 is 1.36 bits per heavy atom. The Balaban J connectivity index is 1.72. The molecule has 0 spiro atoms. The van der Waals surface area contributed by atoms with Gasteiger partial charge in [0.2, 0.25) is 5.91 Å². The van der Waals surface area contributed by atoms with Crippen LogP contribution in [0.3, 0.4) is 0 Å². The molecule has 1 fully saturated rings. The van der Waals surface area contributed by atoms with Crippen LogP contribution < -0.4 is 0 Å². The number of hydrogen-bond acceptors (Lipinski definition) is 3. The maximum Gasteiger partial charge on any atom is 0.222 e. The first-order valence-electron chi connectivity index (χ1n) is 8.03. The van der Waals surface area contributed by atoms with Gasteiger partial charge < -0.3 is 4.90 Å². The van der Waals surface area contributed by atoms with E-state index >= 15 is 0 Å². The fourth-order valence-corrected chi connectivity index (χ4v) is 2.97. The Hall–Kier alpha value is -2.17. The van der Waals surface area contributed by atoms with Crippen molar-refractivity contribution in [3.63, 3.8) is 0 Å². The number of aromatic nitrogens is 3. The summed E-state index contributed by atoms with van der Waals surface area (Å²) in [5, 5.41) is 7.39. The fourth-order valence-electron chi connectivity index (χ4n) is 2.97. The van der Waals surface area contributed by atoms with Gasteiger partial charge in [-0.1, -0.05) is 37.3 Å². The molecule has 2 aromatic rings. The average Bonchev–Trinajstić information content (AvgIpc) is 3.06. The van der Waals surface area contributed by atoms with Crippen LogP contribution in [-0.4, -0.2) is 39.1 Å². The predicted octanol–water partition coefficient (Wildman–Crippen LogP) is 2.98. The van der Waals surface area contributed by atoms with E-state index in [1.165, 1.54) is 0 Å². The summed E-state index contributed by atoms with van der Waals surface area (Å²) in [6.45, 7) is 3.67. The molecule has 1 N–H and O–H groups in total. The van der Waals surface area contributed by atoms with E-state index < -0.39 is 0 Å². The van der Waals surface area contributed by atoms with Gasteiger partial charge in [-0.05, 0) is 19.3 Å². The molecule has 2 heterocycles. The second kappa shape index (κ2) is 6.73. The Labute approximate surface area is 130 Å². The minimum atomic E-state index is 0.259. The van der Waals surface area contributed by atoms with E-state index in [4.69, 9.17) is 0 Å². The Morgan fingerprint density at radius 3 is 2.95 bits per heavy atom. The number of nitrogens with one attached hydrogen (secondary N) is 1. The molecule has 1 amide bonds. The summed E-state index contributed by atoms with van der Waals surface area (Å²) in [6.07, 6.45) is 3.62. The average molecular weight is 298 g/mol. The highest BCUT2D eigenvalue weighted by atomic mass is 16.2. The number of piperidine rings is 1. The first kappa shape index (κ1) is 14.8. The van der Waals surface area contributed by atoms with Crippen LogP contribution in [-0.2, 0) is 4.79 Å². The van der Waals surface area contributed by atoms with E-state index in [1.807, 2.05) is 42.2 Å². The predicted molar refractivity (Wildman–Crippen MR) is 85.3 cm³/mol. The number of amides is 1. The molecule has 0 aliphatic carbocycles. The zero-order valence-electron chi connectivity index (χ0n) is 13.0. The summed E-state index contributed by atoms with van der Waals surface area (Å²) in [5.74, 6) is 2.15. The Morgan fingerprint density at radius 2 is 2.18 bits per heavy atom. The van der Waals surface area contributed by atoms with Gasteiger partial charge in [-0.15, -0.1) is 0 Å². The SMILES string of the molecule is CCCC(=O)N1CCCC(c2nc(-c3ccccc3)n[nH]2)C1. The monoisotopic (exact) mass is 298 g/mol. The zero-order valence-corrected chi connectivity index (χ0v) is 13.0. The first-order chi connectivity index (χ1) is 10.8. The second-order valence-electron chi connectivity index (χ2n) is 5.84. The largest absolute Gasteiger partial charge is 0.342 e. The summed E-state index contributed by atoms with van der Waals surface area (Å²) in [6, 6.07) is 9.96. The normalized spacial score (nSPS) is 18.4. The second-order valence-corrected chi connectivity index (χ2v) is 5.84. The van der Waals surface area contributed by atoms with Crippen molar-refractivity contribution in [2.75, 3.05) is 13.1 Å². The van der Waals surface area contributed by atoms with Gasteiger partial charge in [0.1, 0.15) is 5.82 Å². The molecule has 0 radical (unpaired) electrons. The smallest absolute Gasteiger partial charge is 0.222 e. The lowest BCUT2D eigenvalue weighted by Gasteiger charge is -2.31. The molecule has 3 rings (SSSR count). The van der Waals surface area contributed by atoms with Crippen LogP contribution >= 0.6 is 0 Å². The summed E-state index contributed by atoms with van der Waals surface area (Å²) in [7, 11) is 0. The van der Waals surface area contributed by atoms with Crippen molar-refractivity contribution in [3.8, 4) is 11.4 Å². The number of aromatic amines is 1. The van der Waals surface area contributed by atoms with Gasteiger partial charge in [0.05, 0.1) is 0 Å². The maximum absolute atomic E-state index is 12.1. The molecule has 0 saturated carbocycles. The van der Waals surface area contributed by atoms with Gasteiger partial charge in [-0.3, -0.25) is 9.89 Å².